The van der Waals surface area contributed by atoms with Crippen LogP contribution in [0.1, 0.15) is 38.2 Å². The van der Waals surface area contributed by atoms with Crippen LogP contribution in [0.3, 0.4) is 0 Å². The molecule has 1 unspecified atom stereocenters. The van der Waals surface area contributed by atoms with E-state index in [9.17, 15) is 9.90 Å². The molecular formula is C14H23N3O2. The van der Waals surface area contributed by atoms with Crippen LogP contribution in [-0.4, -0.2) is 27.2 Å². The van der Waals surface area contributed by atoms with Gasteiger partial charge in [0.15, 0.2) is 0 Å². The molecule has 0 saturated heterocycles. The van der Waals surface area contributed by atoms with Crippen LogP contribution in [0.4, 0.5) is 0 Å². The van der Waals surface area contributed by atoms with Crippen molar-refractivity contribution in [3.05, 3.63) is 17.7 Å². The van der Waals surface area contributed by atoms with E-state index in [0.717, 1.165) is 24.5 Å². The Labute approximate surface area is 113 Å². The second-order valence-corrected chi connectivity index (χ2v) is 5.80. The maximum absolute atomic E-state index is 11.6. The number of nitrogens with zero attached hydrogens (tertiary/aromatic N) is 2. The first kappa shape index (κ1) is 14.1. The van der Waals surface area contributed by atoms with Gasteiger partial charge in [0, 0.05) is 32.1 Å². The van der Waals surface area contributed by atoms with Gasteiger partial charge in [-0.2, -0.15) is 0 Å². The normalized spacial score (nSPS) is 18.1. The number of rotatable bonds is 5. The molecule has 0 amide bonds. The molecule has 1 aromatic rings. The average molecular weight is 265 g/mol. The molecule has 1 aromatic heterocycles. The topological polar surface area (TPSA) is 81.1 Å². The Morgan fingerprint density at radius 2 is 2.32 bits per heavy atom. The minimum atomic E-state index is -0.912. The van der Waals surface area contributed by atoms with Crippen molar-refractivity contribution >= 4 is 5.97 Å². The zero-order chi connectivity index (χ0) is 14.0. The molecule has 2 heterocycles. The lowest BCUT2D eigenvalue weighted by Gasteiger charge is -2.31. The van der Waals surface area contributed by atoms with Crippen molar-refractivity contribution in [3.63, 3.8) is 0 Å². The number of hydrogen-bond acceptors (Lipinski definition) is 3. The van der Waals surface area contributed by atoms with Crippen molar-refractivity contribution in [3.8, 4) is 0 Å². The molecule has 0 aliphatic carbocycles. The number of nitrogens with two attached hydrogens (primary N) is 1. The molecular weight excluding hydrogens is 242 g/mol. The van der Waals surface area contributed by atoms with Crippen molar-refractivity contribution < 1.29 is 9.90 Å². The highest BCUT2D eigenvalue weighted by Crippen LogP contribution is 2.31. The third kappa shape index (κ3) is 2.52. The second-order valence-electron chi connectivity index (χ2n) is 5.80. The molecule has 3 N–H and O–H groups in total. The monoisotopic (exact) mass is 265 g/mol. The van der Waals surface area contributed by atoms with E-state index in [1.807, 2.05) is 20.0 Å². The van der Waals surface area contributed by atoms with Crippen molar-refractivity contribution in [1.29, 1.82) is 0 Å². The highest BCUT2D eigenvalue weighted by Gasteiger charge is 2.41. The highest BCUT2D eigenvalue weighted by molar-refractivity contribution is 5.75. The maximum atomic E-state index is 11.6. The Balaban J connectivity index is 2.26. The Hall–Kier alpha value is -1.36. The molecule has 0 spiro atoms. The van der Waals surface area contributed by atoms with Crippen LogP contribution in [0.2, 0.25) is 0 Å². The molecule has 19 heavy (non-hydrogen) atoms. The summed E-state index contributed by atoms with van der Waals surface area (Å²) in [5, 5.41) is 9.54. The van der Waals surface area contributed by atoms with Gasteiger partial charge < -0.3 is 15.4 Å². The van der Waals surface area contributed by atoms with Gasteiger partial charge in [0.25, 0.3) is 0 Å². The van der Waals surface area contributed by atoms with Crippen LogP contribution in [0.25, 0.3) is 0 Å². The zero-order valence-electron chi connectivity index (χ0n) is 11.7. The lowest BCUT2D eigenvalue weighted by atomic mass is 9.74. The summed E-state index contributed by atoms with van der Waals surface area (Å²) in [6.45, 7) is 4.96. The van der Waals surface area contributed by atoms with Gasteiger partial charge in [-0.3, -0.25) is 4.79 Å². The van der Waals surface area contributed by atoms with Gasteiger partial charge in [-0.05, 0) is 18.8 Å². The van der Waals surface area contributed by atoms with E-state index in [2.05, 4.69) is 9.55 Å². The number of aliphatic carboxylic acids is 1. The molecule has 2 rings (SSSR count). The van der Waals surface area contributed by atoms with Gasteiger partial charge >= 0.3 is 5.97 Å². The third-order valence-corrected chi connectivity index (χ3v) is 4.35. The summed E-state index contributed by atoms with van der Waals surface area (Å²) >= 11 is 0. The number of aromatic nitrogens is 2. The van der Waals surface area contributed by atoms with Crippen LogP contribution in [-0.2, 0) is 24.2 Å². The quantitative estimate of drug-likeness (QED) is 0.844. The molecule has 5 nitrogen and oxygen atoms in total. The molecule has 5 heteroatoms. The molecule has 0 aromatic carbocycles. The van der Waals surface area contributed by atoms with Crippen LogP contribution in [0.5, 0.6) is 0 Å². The molecule has 106 valence electrons. The lowest BCUT2D eigenvalue weighted by Crippen LogP contribution is -2.45. The maximum Gasteiger partial charge on any atom is 0.311 e. The van der Waals surface area contributed by atoms with Crippen molar-refractivity contribution in [2.75, 3.05) is 6.54 Å². The Morgan fingerprint density at radius 1 is 1.58 bits per heavy atom. The summed E-state index contributed by atoms with van der Waals surface area (Å²) in [6.07, 6.45) is 5.75. The van der Waals surface area contributed by atoms with Gasteiger partial charge in [0.1, 0.15) is 5.82 Å². The van der Waals surface area contributed by atoms with Crippen molar-refractivity contribution in [2.45, 2.75) is 46.1 Å². The standard InChI is InChI=1S/C14H23N3O2/c1-10(2)14(9-15,13(18)19)7-11-8-17-6-4-3-5-12(17)16-11/h8,10H,3-7,9,15H2,1-2H3,(H,18,19). The molecule has 0 saturated carbocycles. The Bertz CT molecular complexity index is 444. The fourth-order valence-electron chi connectivity index (χ4n) is 2.80. The number of carbonyl (C=O) groups is 1. The molecule has 1 aliphatic heterocycles. The lowest BCUT2D eigenvalue weighted by molar-refractivity contribution is -0.151. The Morgan fingerprint density at radius 3 is 2.84 bits per heavy atom. The zero-order valence-corrected chi connectivity index (χ0v) is 11.7. The van der Waals surface area contributed by atoms with Crippen molar-refractivity contribution in [1.82, 2.24) is 9.55 Å². The SMILES string of the molecule is CC(C)C(CN)(Cc1cn2c(n1)CCCC2)C(=O)O. The first-order chi connectivity index (χ1) is 8.99. The van der Waals surface area contributed by atoms with E-state index in [0.29, 0.717) is 6.42 Å². The minimum absolute atomic E-state index is 0.0197. The van der Waals surface area contributed by atoms with Crippen LogP contribution >= 0.6 is 0 Å². The van der Waals surface area contributed by atoms with E-state index < -0.39 is 11.4 Å². The van der Waals surface area contributed by atoms with E-state index in [1.54, 1.807) is 0 Å². The number of fused-ring (bicyclic) bond motifs is 1. The highest BCUT2D eigenvalue weighted by atomic mass is 16.4. The fourth-order valence-corrected chi connectivity index (χ4v) is 2.80. The van der Waals surface area contributed by atoms with E-state index in [4.69, 9.17) is 5.73 Å². The average Bonchev–Trinajstić information content (AvgIpc) is 2.77. The van der Waals surface area contributed by atoms with Crippen molar-refractivity contribution in [2.24, 2.45) is 17.1 Å². The van der Waals surface area contributed by atoms with Crippen LogP contribution in [0.15, 0.2) is 6.20 Å². The Kier molecular flexibility index (Phi) is 3.94. The first-order valence-electron chi connectivity index (χ1n) is 6.98. The molecule has 0 bridgehead atoms. The van der Waals surface area contributed by atoms with Gasteiger partial charge in [-0.25, -0.2) is 4.98 Å². The van der Waals surface area contributed by atoms with Crippen LogP contribution in [0, 0.1) is 11.3 Å². The summed E-state index contributed by atoms with van der Waals surface area (Å²) < 4.78 is 2.16. The molecule has 0 fully saturated rings. The number of aryl methyl sites for hydroxylation is 2. The summed E-state index contributed by atoms with van der Waals surface area (Å²) in [4.78, 5) is 16.2. The van der Waals surface area contributed by atoms with Gasteiger partial charge in [-0.1, -0.05) is 13.8 Å². The predicted molar refractivity (Wildman–Crippen MR) is 72.8 cm³/mol. The van der Waals surface area contributed by atoms with Gasteiger partial charge in [0.05, 0.1) is 11.1 Å². The smallest absolute Gasteiger partial charge is 0.311 e. The number of carboxylic acid groups (broad SMARTS) is 1. The predicted octanol–water partition coefficient (Wildman–Crippen LogP) is 1.45. The molecule has 1 aliphatic rings. The summed E-state index contributed by atoms with van der Waals surface area (Å²) in [6, 6.07) is 0. The first-order valence-corrected chi connectivity index (χ1v) is 6.98. The second kappa shape index (κ2) is 5.33. The summed E-state index contributed by atoms with van der Waals surface area (Å²) in [7, 11) is 0. The number of carboxylic acids is 1. The molecule has 0 radical (unpaired) electrons. The number of hydrogen-bond donors (Lipinski definition) is 2. The number of imidazole rings is 1. The third-order valence-electron chi connectivity index (χ3n) is 4.35. The van der Waals surface area contributed by atoms with E-state index >= 15 is 0 Å². The summed E-state index contributed by atoms with van der Waals surface area (Å²) in [5.74, 6) is 0.242. The fraction of sp³-hybridized carbons (Fsp3) is 0.714. The summed E-state index contributed by atoms with van der Waals surface area (Å²) in [5.41, 5.74) is 5.71. The van der Waals surface area contributed by atoms with E-state index in [-0.39, 0.29) is 12.5 Å². The van der Waals surface area contributed by atoms with Crippen LogP contribution < -0.4 is 5.73 Å². The molecule has 1 atom stereocenters. The minimum Gasteiger partial charge on any atom is -0.481 e. The largest absolute Gasteiger partial charge is 0.481 e. The van der Waals surface area contributed by atoms with Gasteiger partial charge in [0.2, 0.25) is 0 Å². The van der Waals surface area contributed by atoms with Gasteiger partial charge in [-0.15, -0.1) is 0 Å². The van der Waals surface area contributed by atoms with E-state index in [1.165, 1.54) is 12.8 Å².